The minimum absolute atomic E-state index is 0.320. The lowest BCUT2D eigenvalue weighted by molar-refractivity contribution is -0.122. The van der Waals surface area contributed by atoms with Crippen molar-refractivity contribution in [1.29, 1.82) is 0 Å². The lowest BCUT2D eigenvalue weighted by Gasteiger charge is -2.15. The number of hydrogen-bond acceptors (Lipinski definition) is 4. The summed E-state index contributed by atoms with van der Waals surface area (Å²) in [6.45, 7) is 5.35. The first-order valence-electron chi connectivity index (χ1n) is 6.12. The van der Waals surface area contributed by atoms with Crippen molar-refractivity contribution in [2.45, 2.75) is 26.9 Å². The predicted octanol–water partition coefficient (Wildman–Crippen LogP) is 3.35. The zero-order chi connectivity index (χ0) is 14.7. The number of carbonyl (C=O) groups is 1. The molecule has 1 N–H and O–H groups in total. The van der Waals surface area contributed by atoms with E-state index >= 15 is 0 Å². The minimum atomic E-state index is -0.709. The van der Waals surface area contributed by atoms with Crippen LogP contribution in [0.25, 0.3) is 0 Å². The molecule has 106 valence electrons. The summed E-state index contributed by atoms with van der Waals surface area (Å²) in [6, 6.07) is 5.39. The molecule has 1 atom stereocenters. The van der Waals surface area contributed by atoms with Gasteiger partial charge < -0.3 is 9.26 Å². The number of amides is 1. The van der Waals surface area contributed by atoms with Crippen molar-refractivity contribution in [3.63, 3.8) is 0 Å². The van der Waals surface area contributed by atoms with Crippen molar-refractivity contribution in [3.8, 4) is 5.75 Å². The molecule has 0 spiro atoms. The molecule has 0 fully saturated rings. The monoisotopic (exact) mass is 294 g/mol. The molecule has 0 saturated heterocycles. The van der Waals surface area contributed by atoms with Gasteiger partial charge in [0.25, 0.3) is 5.91 Å². The summed E-state index contributed by atoms with van der Waals surface area (Å²) in [5.74, 6) is 0.465. The molecular weight excluding hydrogens is 280 g/mol. The maximum Gasteiger partial charge on any atom is 0.267 e. The summed E-state index contributed by atoms with van der Waals surface area (Å²) in [4.78, 5) is 12.0. The van der Waals surface area contributed by atoms with Gasteiger partial charge in [-0.05, 0) is 38.5 Å². The molecule has 0 aliphatic rings. The van der Waals surface area contributed by atoms with Crippen molar-refractivity contribution < 1.29 is 14.1 Å². The Morgan fingerprint density at radius 2 is 2.20 bits per heavy atom. The number of halogens is 1. The van der Waals surface area contributed by atoms with Gasteiger partial charge in [-0.25, -0.2) is 0 Å². The number of anilines is 1. The average Bonchev–Trinajstić information content (AvgIpc) is 2.79. The largest absolute Gasteiger partial charge is 0.479 e. The quantitative estimate of drug-likeness (QED) is 0.939. The van der Waals surface area contributed by atoms with E-state index in [9.17, 15) is 4.79 Å². The van der Waals surface area contributed by atoms with E-state index in [4.69, 9.17) is 20.9 Å². The fourth-order valence-corrected chi connectivity index (χ4v) is 1.73. The van der Waals surface area contributed by atoms with Crippen LogP contribution in [0, 0.1) is 13.8 Å². The van der Waals surface area contributed by atoms with Gasteiger partial charge in [0, 0.05) is 5.56 Å². The molecule has 0 unspecified atom stereocenters. The van der Waals surface area contributed by atoms with E-state index in [1.165, 1.54) is 6.20 Å². The molecule has 0 saturated carbocycles. The van der Waals surface area contributed by atoms with E-state index < -0.39 is 6.10 Å². The molecule has 1 heterocycles. The van der Waals surface area contributed by atoms with Gasteiger partial charge in [0.1, 0.15) is 5.75 Å². The summed E-state index contributed by atoms with van der Waals surface area (Å²) in [7, 11) is 0. The molecule has 5 nitrogen and oxygen atoms in total. The third kappa shape index (κ3) is 3.30. The van der Waals surface area contributed by atoms with E-state index in [0.29, 0.717) is 16.7 Å². The smallest absolute Gasteiger partial charge is 0.267 e. The number of aromatic nitrogens is 1. The van der Waals surface area contributed by atoms with Gasteiger partial charge in [0.05, 0.1) is 11.2 Å². The highest BCUT2D eigenvalue weighted by Gasteiger charge is 2.18. The molecule has 6 heteroatoms. The van der Waals surface area contributed by atoms with Gasteiger partial charge in [-0.1, -0.05) is 22.8 Å². The Morgan fingerprint density at radius 3 is 2.85 bits per heavy atom. The highest BCUT2D eigenvalue weighted by atomic mass is 35.5. The van der Waals surface area contributed by atoms with Crippen LogP contribution in [0.1, 0.15) is 18.1 Å². The first kappa shape index (κ1) is 14.4. The van der Waals surface area contributed by atoms with E-state index in [2.05, 4.69) is 10.5 Å². The van der Waals surface area contributed by atoms with Crippen LogP contribution in [0.5, 0.6) is 5.75 Å². The van der Waals surface area contributed by atoms with Crippen LogP contribution >= 0.6 is 11.6 Å². The number of ether oxygens (including phenoxy) is 1. The summed E-state index contributed by atoms with van der Waals surface area (Å²) in [5, 5.41) is 6.66. The second kappa shape index (κ2) is 5.96. The van der Waals surface area contributed by atoms with Gasteiger partial charge >= 0.3 is 0 Å². The standard InChI is InChI=1S/C14H15ClN2O3/c1-8-4-5-11(15)12(6-8)19-10(3)13(18)17-14-9(2)7-16-20-14/h4-7,10H,1-3H3,(H,17,18)/t10-/m1/s1. The highest BCUT2D eigenvalue weighted by Crippen LogP contribution is 2.26. The fourth-order valence-electron chi connectivity index (χ4n) is 1.57. The number of benzene rings is 1. The van der Waals surface area contributed by atoms with E-state index in [-0.39, 0.29) is 5.91 Å². The van der Waals surface area contributed by atoms with Crippen molar-refractivity contribution in [3.05, 3.63) is 40.5 Å². The third-order valence-corrected chi connectivity index (χ3v) is 3.06. The van der Waals surface area contributed by atoms with Crippen LogP contribution in [0.3, 0.4) is 0 Å². The van der Waals surface area contributed by atoms with Gasteiger partial charge in [0.15, 0.2) is 6.10 Å². The Morgan fingerprint density at radius 1 is 1.45 bits per heavy atom. The maximum atomic E-state index is 12.0. The van der Waals surface area contributed by atoms with Gasteiger partial charge in [-0.2, -0.15) is 0 Å². The normalized spacial score (nSPS) is 12.0. The Hall–Kier alpha value is -2.01. The van der Waals surface area contributed by atoms with Crippen LogP contribution in [-0.2, 0) is 4.79 Å². The molecule has 0 radical (unpaired) electrons. The number of hydrogen-bond donors (Lipinski definition) is 1. The number of rotatable bonds is 4. The Balaban J connectivity index is 2.04. The molecule has 2 rings (SSSR count). The molecule has 2 aromatic rings. The SMILES string of the molecule is Cc1ccc(Cl)c(O[C@H](C)C(=O)Nc2oncc2C)c1. The van der Waals surface area contributed by atoms with Gasteiger partial charge in [0.2, 0.25) is 5.88 Å². The van der Waals surface area contributed by atoms with Crippen LogP contribution in [-0.4, -0.2) is 17.2 Å². The predicted molar refractivity (Wildman–Crippen MR) is 76.1 cm³/mol. The van der Waals surface area contributed by atoms with Crippen LogP contribution < -0.4 is 10.1 Å². The minimum Gasteiger partial charge on any atom is -0.479 e. The molecule has 1 aromatic carbocycles. The van der Waals surface area contributed by atoms with Crippen molar-refractivity contribution >= 4 is 23.4 Å². The molecule has 0 aliphatic carbocycles. The summed E-state index contributed by atoms with van der Waals surface area (Å²) in [6.07, 6.45) is 0.817. The van der Waals surface area contributed by atoms with Crippen molar-refractivity contribution in [2.24, 2.45) is 0 Å². The molecule has 1 amide bonds. The van der Waals surface area contributed by atoms with E-state index in [1.807, 2.05) is 13.0 Å². The Labute approximate surface area is 121 Å². The van der Waals surface area contributed by atoms with Crippen molar-refractivity contribution in [1.82, 2.24) is 5.16 Å². The number of carbonyl (C=O) groups excluding carboxylic acids is 1. The molecular formula is C14H15ClN2O3. The first-order chi connectivity index (χ1) is 9.47. The second-order valence-electron chi connectivity index (χ2n) is 4.52. The number of nitrogens with zero attached hydrogens (tertiary/aromatic N) is 1. The topological polar surface area (TPSA) is 64.4 Å². The van der Waals surface area contributed by atoms with Gasteiger partial charge in [-0.3, -0.25) is 10.1 Å². The Kier molecular flexibility index (Phi) is 4.29. The highest BCUT2D eigenvalue weighted by molar-refractivity contribution is 6.32. The summed E-state index contributed by atoms with van der Waals surface area (Å²) < 4.78 is 10.5. The molecule has 20 heavy (non-hydrogen) atoms. The van der Waals surface area contributed by atoms with Crippen molar-refractivity contribution in [2.75, 3.05) is 5.32 Å². The Bertz CT molecular complexity index is 625. The first-order valence-corrected chi connectivity index (χ1v) is 6.50. The fraction of sp³-hybridized carbons (Fsp3) is 0.286. The molecule has 1 aromatic heterocycles. The second-order valence-corrected chi connectivity index (χ2v) is 4.93. The summed E-state index contributed by atoms with van der Waals surface area (Å²) in [5.41, 5.74) is 1.75. The van der Waals surface area contributed by atoms with Crippen LogP contribution in [0.2, 0.25) is 5.02 Å². The summed E-state index contributed by atoms with van der Waals surface area (Å²) >= 11 is 6.03. The lowest BCUT2D eigenvalue weighted by Crippen LogP contribution is -2.30. The zero-order valence-corrected chi connectivity index (χ0v) is 12.2. The lowest BCUT2D eigenvalue weighted by atomic mass is 10.2. The zero-order valence-electron chi connectivity index (χ0n) is 11.4. The van der Waals surface area contributed by atoms with E-state index in [0.717, 1.165) is 11.1 Å². The number of nitrogens with one attached hydrogen (secondary N) is 1. The maximum absolute atomic E-state index is 12.0. The third-order valence-electron chi connectivity index (χ3n) is 2.74. The molecule has 0 bridgehead atoms. The average molecular weight is 295 g/mol. The van der Waals surface area contributed by atoms with Gasteiger partial charge in [-0.15, -0.1) is 0 Å². The van der Waals surface area contributed by atoms with Crippen LogP contribution in [0.15, 0.2) is 28.9 Å². The number of aryl methyl sites for hydroxylation is 2. The molecule has 0 aliphatic heterocycles. The van der Waals surface area contributed by atoms with E-state index in [1.54, 1.807) is 26.0 Å². The van der Waals surface area contributed by atoms with Crippen LogP contribution in [0.4, 0.5) is 5.88 Å².